The number of rotatable bonds is 9. The number of Topliss-reactive ketones (excluding diaryl/α,β-unsaturated/α-hetero) is 1. The van der Waals surface area contributed by atoms with Crippen molar-refractivity contribution in [3.63, 3.8) is 0 Å². The molecule has 20 heavy (non-hydrogen) atoms. The van der Waals surface area contributed by atoms with Gasteiger partial charge in [0.2, 0.25) is 0 Å². The fourth-order valence-corrected chi connectivity index (χ4v) is 2.45. The second-order valence-electron chi connectivity index (χ2n) is 5.39. The van der Waals surface area contributed by atoms with Crippen LogP contribution in [0, 0.1) is 0 Å². The summed E-state index contributed by atoms with van der Waals surface area (Å²) in [5, 5.41) is 9.84. The average Bonchev–Trinajstić information content (AvgIpc) is 2.41. The largest absolute Gasteiger partial charge is 0.511 e. The molecule has 0 amide bonds. The van der Waals surface area contributed by atoms with E-state index in [-0.39, 0.29) is 36.1 Å². The van der Waals surface area contributed by atoms with Crippen LogP contribution in [0.4, 0.5) is 0 Å². The maximum Gasteiger partial charge on any atom is 0.345 e. The molecule has 0 radical (unpaired) electrons. The van der Waals surface area contributed by atoms with Crippen molar-refractivity contribution in [2.45, 2.75) is 77.7 Å². The number of hydrogen-bond acceptors (Lipinski definition) is 4. The summed E-state index contributed by atoms with van der Waals surface area (Å²) in [6.45, 7) is 3.85. The van der Waals surface area contributed by atoms with Gasteiger partial charge in [-0.2, -0.15) is 0 Å². The minimum Gasteiger partial charge on any atom is -0.511 e. The Morgan fingerprint density at radius 2 is 1.85 bits per heavy atom. The number of aliphatic hydroxyl groups is 1. The molecule has 1 unspecified atom stereocenters. The summed E-state index contributed by atoms with van der Waals surface area (Å²) in [5.41, 5.74) is -0.147. The molecule has 1 atom stereocenters. The van der Waals surface area contributed by atoms with Crippen LogP contribution in [0.2, 0.25) is 0 Å². The lowest BCUT2D eigenvalue weighted by Gasteiger charge is -2.23. The smallest absolute Gasteiger partial charge is 0.345 e. The normalized spacial score (nSPS) is 19.1. The van der Waals surface area contributed by atoms with E-state index in [9.17, 15) is 14.7 Å². The van der Waals surface area contributed by atoms with Crippen LogP contribution in [0.5, 0.6) is 0 Å². The zero-order valence-corrected chi connectivity index (χ0v) is 12.6. The van der Waals surface area contributed by atoms with Crippen LogP contribution in [0.1, 0.15) is 71.6 Å². The third-order valence-electron chi connectivity index (χ3n) is 3.67. The number of ether oxygens (including phenoxy) is 1. The van der Waals surface area contributed by atoms with Crippen molar-refractivity contribution in [3.05, 3.63) is 11.3 Å². The lowest BCUT2D eigenvalue weighted by Crippen LogP contribution is -2.30. The molecule has 4 nitrogen and oxygen atoms in total. The van der Waals surface area contributed by atoms with Gasteiger partial charge in [0.15, 0.2) is 5.78 Å². The second kappa shape index (κ2) is 8.77. The first kappa shape index (κ1) is 16.7. The SMILES string of the molecule is CCCCCCCCC1CC(O)=C(C(=O)CC)C(=O)O1. The highest BCUT2D eigenvalue weighted by Gasteiger charge is 2.32. The van der Waals surface area contributed by atoms with Gasteiger partial charge in [0.1, 0.15) is 17.4 Å². The molecule has 4 heteroatoms. The Morgan fingerprint density at radius 1 is 1.20 bits per heavy atom. The standard InChI is InChI=1S/C16H26O4/c1-3-5-6-7-8-9-10-12-11-14(18)15(13(17)4-2)16(19)20-12/h12,18H,3-11H2,1-2H3. The average molecular weight is 282 g/mol. The van der Waals surface area contributed by atoms with Crippen LogP contribution < -0.4 is 0 Å². The quantitative estimate of drug-likeness (QED) is 0.396. The van der Waals surface area contributed by atoms with E-state index in [1.807, 2.05) is 0 Å². The number of carbonyl (C=O) groups excluding carboxylic acids is 2. The molecule has 0 aliphatic carbocycles. The lowest BCUT2D eigenvalue weighted by molar-refractivity contribution is -0.148. The fourth-order valence-electron chi connectivity index (χ4n) is 2.45. The second-order valence-corrected chi connectivity index (χ2v) is 5.39. The van der Waals surface area contributed by atoms with Crippen LogP contribution in [-0.2, 0) is 14.3 Å². The first-order valence-electron chi connectivity index (χ1n) is 7.76. The van der Waals surface area contributed by atoms with Crippen molar-refractivity contribution >= 4 is 11.8 Å². The number of unbranched alkanes of at least 4 members (excludes halogenated alkanes) is 5. The van der Waals surface area contributed by atoms with E-state index in [1.54, 1.807) is 6.92 Å². The molecule has 0 aromatic rings. The van der Waals surface area contributed by atoms with Crippen molar-refractivity contribution < 1.29 is 19.4 Å². The van der Waals surface area contributed by atoms with E-state index in [0.717, 1.165) is 19.3 Å². The van der Waals surface area contributed by atoms with E-state index in [0.29, 0.717) is 0 Å². The van der Waals surface area contributed by atoms with Gasteiger partial charge in [-0.05, 0) is 12.8 Å². The Labute approximate surface area is 121 Å². The van der Waals surface area contributed by atoms with Crippen molar-refractivity contribution in [1.29, 1.82) is 0 Å². The highest BCUT2D eigenvalue weighted by Crippen LogP contribution is 2.24. The third kappa shape index (κ3) is 4.99. The van der Waals surface area contributed by atoms with Gasteiger partial charge in [-0.25, -0.2) is 4.79 Å². The first-order chi connectivity index (χ1) is 9.60. The van der Waals surface area contributed by atoms with Crippen LogP contribution >= 0.6 is 0 Å². The summed E-state index contributed by atoms with van der Waals surface area (Å²) in [6.07, 6.45) is 8.04. The molecule has 1 aliphatic heterocycles. The maximum atomic E-state index is 11.7. The molecule has 1 rings (SSSR count). The Hall–Kier alpha value is -1.32. The molecule has 1 aliphatic rings. The minimum atomic E-state index is -0.656. The first-order valence-corrected chi connectivity index (χ1v) is 7.76. The summed E-state index contributed by atoms with van der Waals surface area (Å²) in [4.78, 5) is 23.3. The molecule has 0 spiro atoms. The van der Waals surface area contributed by atoms with Crippen molar-refractivity contribution in [3.8, 4) is 0 Å². The Morgan fingerprint density at radius 3 is 2.45 bits per heavy atom. The fraction of sp³-hybridized carbons (Fsp3) is 0.750. The molecular weight excluding hydrogens is 256 g/mol. The lowest BCUT2D eigenvalue weighted by atomic mass is 9.98. The monoisotopic (exact) mass is 282 g/mol. The minimum absolute atomic E-state index is 0.0934. The highest BCUT2D eigenvalue weighted by atomic mass is 16.5. The summed E-state index contributed by atoms with van der Waals surface area (Å²) in [7, 11) is 0. The molecular formula is C16H26O4. The van der Waals surface area contributed by atoms with E-state index in [4.69, 9.17) is 4.74 Å². The van der Waals surface area contributed by atoms with Gasteiger partial charge in [-0.3, -0.25) is 4.79 Å². The molecule has 0 fully saturated rings. The Balaban J connectivity index is 2.36. The van der Waals surface area contributed by atoms with E-state index in [2.05, 4.69) is 6.92 Å². The molecule has 0 aromatic carbocycles. The maximum absolute atomic E-state index is 11.7. The predicted octanol–water partition coefficient (Wildman–Crippen LogP) is 3.84. The van der Waals surface area contributed by atoms with Gasteiger partial charge in [0, 0.05) is 12.8 Å². The number of ketones is 1. The van der Waals surface area contributed by atoms with Gasteiger partial charge in [0.25, 0.3) is 0 Å². The zero-order chi connectivity index (χ0) is 15.0. The van der Waals surface area contributed by atoms with E-state index in [1.165, 1.54) is 25.7 Å². The Kier molecular flexibility index (Phi) is 7.34. The van der Waals surface area contributed by atoms with E-state index < -0.39 is 5.97 Å². The summed E-state index contributed by atoms with van der Waals surface area (Å²) >= 11 is 0. The van der Waals surface area contributed by atoms with Gasteiger partial charge >= 0.3 is 5.97 Å². The Bertz CT molecular complexity index is 371. The molecule has 1 heterocycles. The van der Waals surface area contributed by atoms with Gasteiger partial charge in [-0.15, -0.1) is 0 Å². The molecule has 114 valence electrons. The topological polar surface area (TPSA) is 63.6 Å². The van der Waals surface area contributed by atoms with Crippen molar-refractivity contribution in [1.82, 2.24) is 0 Å². The summed E-state index contributed by atoms with van der Waals surface area (Å²) < 4.78 is 5.24. The number of cyclic esters (lactones) is 1. The predicted molar refractivity (Wildman–Crippen MR) is 77.4 cm³/mol. The zero-order valence-electron chi connectivity index (χ0n) is 12.6. The van der Waals surface area contributed by atoms with Crippen LogP contribution in [0.15, 0.2) is 11.3 Å². The van der Waals surface area contributed by atoms with Crippen LogP contribution in [-0.4, -0.2) is 23.0 Å². The van der Waals surface area contributed by atoms with E-state index >= 15 is 0 Å². The van der Waals surface area contributed by atoms with Gasteiger partial charge < -0.3 is 9.84 Å². The summed E-state index contributed by atoms with van der Waals surface area (Å²) in [6, 6.07) is 0. The number of esters is 1. The molecule has 0 bridgehead atoms. The molecule has 0 saturated carbocycles. The third-order valence-corrected chi connectivity index (χ3v) is 3.67. The highest BCUT2D eigenvalue weighted by molar-refractivity contribution is 6.17. The van der Waals surface area contributed by atoms with Crippen LogP contribution in [0.3, 0.4) is 0 Å². The molecule has 0 aromatic heterocycles. The molecule has 1 N–H and O–H groups in total. The number of aliphatic hydroxyl groups excluding tert-OH is 1. The van der Waals surface area contributed by atoms with Crippen LogP contribution in [0.25, 0.3) is 0 Å². The van der Waals surface area contributed by atoms with Crippen molar-refractivity contribution in [2.24, 2.45) is 0 Å². The van der Waals surface area contributed by atoms with Gasteiger partial charge in [-0.1, -0.05) is 46.0 Å². The van der Waals surface area contributed by atoms with Gasteiger partial charge in [0.05, 0.1) is 0 Å². The molecule has 0 saturated heterocycles. The number of carbonyl (C=O) groups is 2. The summed E-state index contributed by atoms with van der Waals surface area (Å²) in [5.74, 6) is -1.09. The number of hydrogen-bond donors (Lipinski definition) is 1. The van der Waals surface area contributed by atoms with Crippen molar-refractivity contribution in [2.75, 3.05) is 0 Å².